The monoisotopic (exact) mass is 331 g/mol. The van der Waals surface area contributed by atoms with Crippen LogP contribution in [-0.4, -0.2) is 39.0 Å². The number of hydrogen-bond donors (Lipinski definition) is 1. The van der Waals surface area contributed by atoms with Gasteiger partial charge in [0.2, 0.25) is 0 Å². The molecule has 1 aromatic rings. The molecule has 1 saturated heterocycles. The van der Waals surface area contributed by atoms with Gasteiger partial charge >= 0.3 is 0 Å². The lowest BCUT2D eigenvalue weighted by atomic mass is 10.1. The number of sulfone groups is 1. The second-order valence-corrected chi connectivity index (χ2v) is 7.93. The molecular weight excluding hydrogens is 314 g/mol. The van der Waals surface area contributed by atoms with Gasteiger partial charge in [-0.3, -0.25) is 4.79 Å². The molecule has 0 saturated carbocycles. The minimum absolute atomic E-state index is 0.00140. The van der Waals surface area contributed by atoms with Crippen LogP contribution in [0, 0.1) is 12.8 Å². The van der Waals surface area contributed by atoms with Gasteiger partial charge in [0.1, 0.15) is 5.75 Å². The van der Waals surface area contributed by atoms with Crippen molar-refractivity contribution >= 4 is 27.3 Å². The molecule has 0 radical (unpaired) electrons. The minimum Gasteiger partial charge on any atom is -0.482 e. The highest BCUT2D eigenvalue weighted by Gasteiger charge is 2.27. The van der Waals surface area contributed by atoms with Crippen LogP contribution in [0.15, 0.2) is 18.2 Å². The van der Waals surface area contributed by atoms with Gasteiger partial charge in [-0.25, -0.2) is 8.42 Å². The molecule has 116 valence electrons. The van der Waals surface area contributed by atoms with E-state index in [2.05, 4.69) is 5.32 Å². The fourth-order valence-corrected chi connectivity index (χ4v) is 4.24. The van der Waals surface area contributed by atoms with Gasteiger partial charge in [0.25, 0.3) is 5.91 Å². The van der Waals surface area contributed by atoms with Crippen LogP contribution in [0.5, 0.6) is 5.75 Å². The lowest BCUT2D eigenvalue weighted by molar-refractivity contribution is -0.123. The Balaban J connectivity index is 1.76. The molecule has 1 aliphatic rings. The molecule has 0 unspecified atom stereocenters. The molecule has 1 heterocycles. The van der Waals surface area contributed by atoms with Crippen molar-refractivity contribution in [3.63, 3.8) is 0 Å². The van der Waals surface area contributed by atoms with Gasteiger partial charge < -0.3 is 10.1 Å². The first-order valence-corrected chi connectivity index (χ1v) is 8.92. The number of halogens is 1. The maximum atomic E-state index is 11.7. The number of hydrogen-bond acceptors (Lipinski definition) is 4. The first-order chi connectivity index (χ1) is 9.85. The van der Waals surface area contributed by atoms with Gasteiger partial charge in [-0.1, -0.05) is 17.7 Å². The molecule has 0 bridgehead atoms. The van der Waals surface area contributed by atoms with Crippen molar-refractivity contribution in [2.24, 2.45) is 5.92 Å². The van der Waals surface area contributed by atoms with Crippen LogP contribution >= 0.6 is 11.6 Å². The Hall–Kier alpha value is -1.27. The van der Waals surface area contributed by atoms with E-state index in [0.717, 1.165) is 5.56 Å². The Kier molecular flexibility index (Phi) is 5.11. The van der Waals surface area contributed by atoms with Crippen LogP contribution in [0.2, 0.25) is 5.02 Å². The van der Waals surface area contributed by atoms with E-state index in [9.17, 15) is 13.2 Å². The van der Waals surface area contributed by atoms with Crippen molar-refractivity contribution in [1.82, 2.24) is 5.32 Å². The van der Waals surface area contributed by atoms with E-state index >= 15 is 0 Å². The topological polar surface area (TPSA) is 72.5 Å². The largest absolute Gasteiger partial charge is 0.482 e. The summed E-state index contributed by atoms with van der Waals surface area (Å²) in [5, 5.41) is 3.15. The number of ether oxygens (including phenoxy) is 1. The van der Waals surface area contributed by atoms with Crippen LogP contribution in [0.25, 0.3) is 0 Å². The molecule has 1 fully saturated rings. The molecule has 1 atom stereocenters. The Labute approximate surface area is 129 Å². The highest BCUT2D eigenvalue weighted by atomic mass is 35.5. The second-order valence-electron chi connectivity index (χ2n) is 5.30. The van der Waals surface area contributed by atoms with E-state index in [1.54, 1.807) is 12.1 Å². The van der Waals surface area contributed by atoms with E-state index in [1.165, 1.54) is 0 Å². The Morgan fingerprint density at radius 1 is 1.48 bits per heavy atom. The van der Waals surface area contributed by atoms with E-state index < -0.39 is 9.84 Å². The zero-order valence-electron chi connectivity index (χ0n) is 11.8. The van der Waals surface area contributed by atoms with Crippen molar-refractivity contribution in [2.75, 3.05) is 24.7 Å². The molecule has 1 N–H and O–H groups in total. The number of aryl methyl sites for hydroxylation is 1. The molecule has 2 rings (SSSR count). The summed E-state index contributed by atoms with van der Waals surface area (Å²) < 4.78 is 28.0. The quantitative estimate of drug-likeness (QED) is 0.889. The molecule has 1 aromatic carbocycles. The molecule has 5 nitrogen and oxygen atoms in total. The third-order valence-corrected chi connectivity index (χ3v) is 5.51. The number of rotatable bonds is 5. The summed E-state index contributed by atoms with van der Waals surface area (Å²) in [5.41, 5.74) is 0.992. The highest BCUT2D eigenvalue weighted by Crippen LogP contribution is 2.25. The standard InChI is InChI=1S/C14H18ClNO4S/c1-10-2-3-12(15)13(6-10)20-8-14(17)16-7-11-4-5-21(18,19)9-11/h2-3,6,11H,4-5,7-9H2,1H3,(H,16,17)/t11-/m0/s1. The van der Waals surface area contributed by atoms with Gasteiger partial charge in [0, 0.05) is 6.54 Å². The number of carbonyl (C=O) groups is 1. The summed E-state index contributed by atoms with van der Waals surface area (Å²) in [7, 11) is -2.91. The first-order valence-electron chi connectivity index (χ1n) is 6.72. The lowest BCUT2D eigenvalue weighted by Crippen LogP contribution is -2.33. The molecule has 1 amide bonds. The summed E-state index contributed by atoms with van der Waals surface area (Å²) in [5.74, 6) is 0.550. The molecule has 7 heteroatoms. The third-order valence-electron chi connectivity index (χ3n) is 3.36. The predicted molar refractivity (Wildman–Crippen MR) is 81.5 cm³/mol. The van der Waals surface area contributed by atoms with E-state index in [1.807, 2.05) is 13.0 Å². The van der Waals surface area contributed by atoms with Crippen LogP contribution in [0.3, 0.4) is 0 Å². The fraction of sp³-hybridized carbons (Fsp3) is 0.500. The fourth-order valence-electron chi connectivity index (χ4n) is 2.21. The van der Waals surface area contributed by atoms with E-state index in [4.69, 9.17) is 16.3 Å². The number of nitrogens with one attached hydrogen (secondary N) is 1. The van der Waals surface area contributed by atoms with Gasteiger partial charge in [-0.2, -0.15) is 0 Å². The highest BCUT2D eigenvalue weighted by molar-refractivity contribution is 7.91. The Morgan fingerprint density at radius 3 is 2.90 bits per heavy atom. The number of carbonyl (C=O) groups excluding carboxylic acids is 1. The summed E-state index contributed by atoms with van der Waals surface area (Å²) >= 11 is 5.97. The van der Waals surface area contributed by atoms with Gasteiger partial charge in [0.05, 0.1) is 16.5 Å². The maximum absolute atomic E-state index is 11.7. The minimum atomic E-state index is -2.91. The second kappa shape index (κ2) is 6.66. The average Bonchev–Trinajstić information content (AvgIpc) is 2.77. The van der Waals surface area contributed by atoms with Gasteiger partial charge in [-0.05, 0) is 37.0 Å². The molecule has 0 aromatic heterocycles. The number of benzene rings is 1. The normalized spacial score (nSPS) is 20.2. The van der Waals surface area contributed by atoms with Crippen LogP contribution < -0.4 is 10.1 Å². The molecule has 1 aliphatic heterocycles. The number of amides is 1. The maximum Gasteiger partial charge on any atom is 0.257 e. The molecular formula is C14H18ClNO4S. The Bertz CT molecular complexity index is 630. The third kappa shape index (κ3) is 4.89. The summed E-state index contributed by atoms with van der Waals surface area (Å²) in [6.07, 6.45) is 0.604. The van der Waals surface area contributed by atoms with Gasteiger partial charge in [-0.15, -0.1) is 0 Å². The summed E-state index contributed by atoms with van der Waals surface area (Å²) in [4.78, 5) is 11.7. The van der Waals surface area contributed by atoms with Gasteiger partial charge in [0.15, 0.2) is 16.4 Å². The average molecular weight is 332 g/mol. The van der Waals surface area contributed by atoms with E-state index in [0.29, 0.717) is 23.7 Å². The van der Waals surface area contributed by atoms with Crippen LogP contribution in [0.4, 0.5) is 0 Å². The van der Waals surface area contributed by atoms with Crippen LogP contribution in [0.1, 0.15) is 12.0 Å². The first kappa shape index (κ1) is 16.1. The van der Waals surface area contributed by atoms with E-state index in [-0.39, 0.29) is 29.9 Å². The Morgan fingerprint density at radius 2 is 2.24 bits per heavy atom. The van der Waals surface area contributed by atoms with Crippen LogP contribution in [-0.2, 0) is 14.6 Å². The molecule has 0 aliphatic carbocycles. The molecule has 0 spiro atoms. The zero-order valence-corrected chi connectivity index (χ0v) is 13.3. The lowest BCUT2D eigenvalue weighted by Gasteiger charge is -2.11. The smallest absolute Gasteiger partial charge is 0.257 e. The van der Waals surface area contributed by atoms with Crippen molar-refractivity contribution in [1.29, 1.82) is 0 Å². The van der Waals surface area contributed by atoms with Crippen molar-refractivity contribution in [3.05, 3.63) is 28.8 Å². The zero-order chi connectivity index (χ0) is 15.5. The van der Waals surface area contributed by atoms with Crippen molar-refractivity contribution in [2.45, 2.75) is 13.3 Å². The molecule has 21 heavy (non-hydrogen) atoms. The summed E-state index contributed by atoms with van der Waals surface area (Å²) in [6.45, 7) is 2.13. The van der Waals surface area contributed by atoms with Crippen molar-refractivity contribution < 1.29 is 17.9 Å². The van der Waals surface area contributed by atoms with Crippen molar-refractivity contribution in [3.8, 4) is 5.75 Å². The predicted octanol–water partition coefficient (Wildman–Crippen LogP) is 1.58. The SMILES string of the molecule is Cc1ccc(Cl)c(OCC(=O)NC[C@@H]2CCS(=O)(=O)C2)c1. The summed E-state index contributed by atoms with van der Waals surface area (Å²) in [6, 6.07) is 5.34.